The van der Waals surface area contributed by atoms with Crippen molar-refractivity contribution in [3.63, 3.8) is 0 Å². The van der Waals surface area contributed by atoms with E-state index in [0.717, 1.165) is 37.0 Å². The minimum absolute atomic E-state index is 0.196. The van der Waals surface area contributed by atoms with Crippen LogP contribution in [-0.2, 0) is 4.74 Å². The molecule has 0 aromatic carbocycles. The lowest BCUT2D eigenvalue weighted by atomic mass is 9.96. The quantitative estimate of drug-likeness (QED) is 0.890. The number of fused-ring (bicyclic) bond motifs is 1. The summed E-state index contributed by atoms with van der Waals surface area (Å²) in [5, 5.41) is 4.84. The molecule has 7 heteroatoms. The Labute approximate surface area is 140 Å². The van der Waals surface area contributed by atoms with Gasteiger partial charge >= 0.3 is 0 Å². The molecular formula is C17H22N6O. The Balaban J connectivity index is 1.56. The summed E-state index contributed by atoms with van der Waals surface area (Å²) < 4.78 is 7.50. The van der Waals surface area contributed by atoms with E-state index in [0.29, 0.717) is 17.9 Å². The van der Waals surface area contributed by atoms with Crippen molar-refractivity contribution in [1.82, 2.24) is 30.6 Å². The summed E-state index contributed by atoms with van der Waals surface area (Å²) in [5.74, 6) is 2.77. The zero-order valence-electron chi connectivity index (χ0n) is 13.6. The van der Waals surface area contributed by atoms with Crippen LogP contribution in [-0.4, -0.2) is 39.0 Å². The number of nitrogens with zero attached hydrogens (tertiary/aromatic N) is 4. The highest BCUT2D eigenvalue weighted by Gasteiger charge is 2.42. The van der Waals surface area contributed by atoms with Crippen molar-refractivity contribution in [3.05, 3.63) is 36.2 Å². The van der Waals surface area contributed by atoms with Crippen molar-refractivity contribution in [2.24, 2.45) is 5.92 Å². The largest absolute Gasteiger partial charge is 0.381 e. The molecule has 3 aliphatic rings. The molecule has 2 N–H and O–H groups in total. The maximum atomic E-state index is 5.53. The van der Waals surface area contributed by atoms with Gasteiger partial charge in [0.1, 0.15) is 0 Å². The number of hydrogen-bond donors (Lipinski definition) is 2. The van der Waals surface area contributed by atoms with Gasteiger partial charge in [0.25, 0.3) is 0 Å². The van der Waals surface area contributed by atoms with Crippen molar-refractivity contribution < 1.29 is 4.74 Å². The third kappa shape index (κ3) is 2.35. The smallest absolute Gasteiger partial charge is 0.156 e. The van der Waals surface area contributed by atoms with Crippen molar-refractivity contribution >= 4 is 0 Å². The zero-order valence-corrected chi connectivity index (χ0v) is 13.6. The highest BCUT2D eigenvalue weighted by atomic mass is 16.5. The summed E-state index contributed by atoms with van der Waals surface area (Å²) in [4.78, 5) is 9.21. The number of aromatic nitrogens is 4. The fourth-order valence-corrected chi connectivity index (χ4v) is 4.25. The third-order valence-corrected chi connectivity index (χ3v) is 5.53. The molecule has 4 heterocycles. The first-order valence-corrected chi connectivity index (χ1v) is 8.86. The molecule has 4 atom stereocenters. The predicted octanol–water partition coefficient (Wildman–Crippen LogP) is 1.48. The van der Waals surface area contributed by atoms with Gasteiger partial charge < -0.3 is 4.74 Å². The Hall–Kier alpha value is -1.83. The topological polar surface area (TPSA) is 76.9 Å². The number of rotatable bonds is 3. The standard InChI is InChI=1S/C17H22N6O/c1-4-13-14(5-1)20-21-15(13)17-19-16(11-6-8-24-10-11)22-23(17)12-3-2-7-18-9-12/h2-3,7,9,11,13-15,20-21H,1,4-6,8,10H2. The average Bonchev–Trinajstić information content (AvgIpc) is 3.37. The van der Waals surface area contributed by atoms with Crippen molar-refractivity contribution in [3.8, 4) is 5.69 Å². The highest BCUT2D eigenvalue weighted by molar-refractivity contribution is 5.29. The summed E-state index contributed by atoms with van der Waals surface area (Å²) in [7, 11) is 0. The number of pyridine rings is 1. The maximum Gasteiger partial charge on any atom is 0.156 e. The normalized spacial score (nSPS) is 32.3. The minimum Gasteiger partial charge on any atom is -0.381 e. The van der Waals surface area contributed by atoms with Crippen molar-refractivity contribution in [2.45, 2.75) is 43.7 Å². The van der Waals surface area contributed by atoms with Crippen LogP contribution < -0.4 is 10.9 Å². The van der Waals surface area contributed by atoms with Crippen molar-refractivity contribution in [1.29, 1.82) is 0 Å². The van der Waals surface area contributed by atoms with Crippen LogP contribution >= 0.6 is 0 Å². The molecule has 5 rings (SSSR count). The Morgan fingerprint density at radius 3 is 3.04 bits per heavy atom. The van der Waals surface area contributed by atoms with Gasteiger partial charge in [-0.2, -0.15) is 5.10 Å². The van der Waals surface area contributed by atoms with Crippen LogP contribution in [0.3, 0.4) is 0 Å². The monoisotopic (exact) mass is 326 g/mol. The fourth-order valence-electron chi connectivity index (χ4n) is 4.25. The van der Waals surface area contributed by atoms with E-state index < -0.39 is 0 Å². The van der Waals surface area contributed by atoms with Crippen LogP contribution in [0.4, 0.5) is 0 Å². The van der Waals surface area contributed by atoms with E-state index in [1.807, 2.05) is 23.0 Å². The number of hydrazine groups is 1. The summed E-state index contributed by atoms with van der Waals surface area (Å²) in [6.07, 6.45) is 8.38. The lowest BCUT2D eigenvalue weighted by molar-refractivity contribution is 0.193. The van der Waals surface area contributed by atoms with Gasteiger partial charge in [-0.15, -0.1) is 0 Å². The number of ether oxygens (including phenoxy) is 1. The first-order valence-electron chi connectivity index (χ1n) is 8.86. The first-order chi connectivity index (χ1) is 11.9. The molecule has 0 spiro atoms. The van der Waals surface area contributed by atoms with Gasteiger partial charge in [0.05, 0.1) is 24.5 Å². The summed E-state index contributed by atoms with van der Waals surface area (Å²) in [6.45, 7) is 1.52. The predicted molar refractivity (Wildman–Crippen MR) is 87.5 cm³/mol. The minimum atomic E-state index is 0.196. The van der Waals surface area contributed by atoms with E-state index >= 15 is 0 Å². The van der Waals surface area contributed by atoms with Crippen LogP contribution in [0.5, 0.6) is 0 Å². The number of nitrogens with one attached hydrogen (secondary N) is 2. The van der Waals surface area contributed by atoms with Gasteiger partial charge in [-0.3, -0.25) is 10.4 Å². The zero-order chi connectivity index (χ0) is 15.9. The van der Waals surface area contributed by atoms with Gasteiger partial charge in [0.15, 0.2) is 11.6 Å². The van der Waals surface area contributed by atoms with E-state index in [-0.39, 0.29) is 6.04 Å². The summed E-state index contributed by atoms with van der Waals surface area (Å²) >= 11 is 0. The lowest BCUT2D eigenvalue weighted by Crippen LogP contribution is -2.31. The SMILES string of the molecule is c1cncc(-n2nc(C3CCOC3)nc2C2NNC3CCCC32)c1. The number of hydrogen-bond acceptors (Lipinski definition) is 6. The molecule has 3 fully saturated rings. The molecule has 2 aromatic heterocycles. The molecule has 2 aliphatic heterocycles. The second-order valence-corrected chi connectivity index (χ2v) is 6.98. The van der Waals surface area contributed by atoms with Gasteiger partial charge in [-0.1, -0.05) is 6.42 Å². The first kappa shape index (κ1) is 14.5. The molecule has 1 aliphatic carbocycles. The maximum absolute atomic E-state index is 5.53. The van der Waals surface area contributed by atoms with E-state index in [1.54, 1.807) is 6.20 Å². The molecule has 0 bridgehead atoms. The summed E-state index contributed by atoms with van der Waals surface area (Å²) in [5.41, 5.74) is 7.88. The highest BCUT2D eigenvalue weighted by Crippen LogP contribution is 2.39. The Bertz CT molecular complexity index is 711. The summed E-state index contributed by atoms with van der Waals surface area (Å²) in [6, 6.07) is 4.72. The third-order valence-electron chi connectivity index (χ3n) is 5.53. The van der Waals surface area contributed by atoms with E-state index in [1.165, 1.54) is 19.3 Å². The molecule has 2 aromatic rings. The fraction of sp³-hybridized carbons (Fsp3) is 0.588. The molecule has 24 heavy (non-hydrogen) atoms. The molecular weight excluding hydrogens is 304 g/mol. The Kier molecular flexibility index (Phi) is 3.57. The molecule has 0 radical (unpaired) electrons. The molecule has 2 saturated heterocycles. The molecule has 4 unspecified atom stereocenters. The van der Waals surface area contributed by atoms with E-state index in [4.69, 9.17) is 14.8 Å². The van der Waals surface area contributed by atoms with Crippen LogP contribution in [0.25, 0.3) is 5.69 Å². The van der Waals surface area contributed by atoms with E-state index in [2.05, 4.69) is 15.8 Å². The Morgan fingerprint density at radius 1 is 1.21 bits per heavy atom. The van der Waals surface area contributed by atoms with Crippen LogP contribution in [0.15, 0.2) is 24.5 Å². The second-order valence-electron chi connectivity index (χ2n) is 6.98. The van der Waals surface area contributed by atoms with Crippen molar-refractivity contribution in [2.75, 3.05) is 13.2 Å². The Morgan fingerprint density at radius 2 is 2.21 bits per heavy atom. The lowest BCUT2D eigenvalue weighted by Gasteiger charge is -2.16. The van der Waals surface area contributed by atoms with Gasteiger partial charge in [-0.25, -0.2) is 15.1 Å². The van der Waals surface area contributed by atoms with Gasteiger partial charge in [-0.05, 0) is 37.3 Å². The molecule has 1 saturated carbocycles. The van der Waals surface area contributed by atoms with Crippen LogP contribution in [0.1, 0.15) is 49.3 Å². The van der Waals surface area contributed by atoms with Gasteiger partial charge in [0, 0.05) is 24.8 Å². The van der Waals surface area contributed by atoms with Crippen LogP contribution in [0.2, 0.25) is 0 Å². The second kappa shape index (κ2) is 5.91. The average molecular weight is 326 g/mol. The van der Waals surface area contributed by atoms with Gasteiger partial charge in [0.2, 0.25) is 0 Å². The molecule has 0 amide bonds. The van der Waals surface area contributed by atoms with Crippen LogP contribution in [0, 0.1) is 5.92 Å². The molecule has 126 valence electrons. The van der Waals surface area contributed by atoms with E-state index in [9.17, 15) is 0 Å². The molecule has 7 nitrogen and oxygen atoms in total.